The maximum atomic E-state index is 12.1. The minimum atomic E-state index is -0.454. The van der Waals surface area contributed by atoms with E-state index < -0.39 is 11.5 Å². The molecule has 0 bridgehead atoms. The number of carbonyl (C=O) groups excluding carboxylic acids is 2. The van der Waals surface area contributed by atoms with Gasteiger partial charge in [0.15, 0.2) is 6.61 Å². The average Bonchev–Trinajstić information content (AvgIpc) is 2.52. The summed E-state index contributed by atoms with van der Waals surface area (Å²) in [6, 6.07) is 8.41. The van der Waals surface area contributed by atoms with E-state index in [0.29, 0.717) is 17.1 Å². The first-order valence-corrected chi connectivity index (χ1v) is 7.06. The highest BCUT2D eigenvalue weighted by molar-refractivity contribution is 5.95. The molecule has 0 saturated carbocycles. The van der Waals surface area contributed by atoms with Crippen LogP contribution in [0.3, 0.4) is 0 Å². The molecule has 2 amide bonds. The largest absolute Gasteiger partial charge is 0.482 e. The Morgan fingerprint density at radius 2 is 2.09 bits per heavy atom. The van der Waals surface area contributed by atoms with Crippen LogP contribution in [0.25, 0.3) is 0 Å². The number of ether oxygens (including phenoxy) is 1. The zero-order chi connectivity index (χ0) is 16.4. The molecule has 0 atom stereocenters. The Bertz CT molecular complexity index is 841. The molecule has 1 aliphatic rings. The molecule has 23 heavy (non-hydrogen) atoms. The highest BCUT2D eigenvalue weighted by atomic mass is 16.5. The van der Waals surface area contributed by atoms with Crippen LogP contribution in [-0.2, 0) is 11.3 Å². The molecule has 2 heterocycles. The molecule has 1 aromatic carbocycles. The Kier molecular flexibility index (Phi) is 3.84. The summed E-state index contributed by atoms with van der Waals surface area (Å²) in [5, 5.41) is 5.38. The van der Waals surface area contributed by atoms with E-state index in [2.05, 4.69) is 15.6 Å². The maximum absolute atomic E-state index is 12.1. The van der Waals surface area contributed by atoms with Gasteiger partial charge in [-0.1, -0.05) is 6.07 Å². The first kappa shape index (κ1) is 14.8. The van der Waals surface area contributed by atoms with Gasteiger partial charge in [0.05, 0.1) is 5.69 Å². The number of hydrogen-bond acceptors (Lipinski definition) is 4. The van der Waals surface area contributed by atoms with E-state index in [1.807, 2.05) is 0 Å². The number of fused-ring (bicyclic) bond motifs is 1. The molecule has 0 fully saturated rings. The minimum Gasteiger partial charge on any atom is -0.482 e. The molecular weight excluding hydrogens is 298 g/mol. The lowest BCUT2D eigenvalue weighted by molar-refractivity contribution is -0.118. The average molecular weight is 313 g/mol. The number of aryl methyl sites for hydroxylation is 1. The number of hydrogen-bond donors (Lipinski definition) is 3. The predicted octanol–water partition coefficient (Wildman–Crippen LogP) is 0.944. The topological polar surface area (TPSA) is 100 Å². The molecule has 1 aromatic heterocycles. The number of amides is 2. The first-order chi connectivity index (χ1) is 11.0. The fourth-order valence-electron chi connectivity index (χ4n) is 2.27. The van der Waals surface area contributed by atoms with Gasteiger partial charge >= 0.3 is 0 Å². The van der Waals surface area contributed by atoms with E-state index in [1.54, 1.807) is 31.2 Å². The minimum absolute atomic E-state index is 0.000711. The summed E-state index contributed by atoms with van der Waals surface area (Å²) in [5.74, 6) is -0.0798. The molecule has 2 aromatic rings. The Hall–Kier alpha value is -3.09. The number of pyridine rings is 1. The summed E-state index contributed by atoms with van der Waals surface area (Å²) in [5.41, 5.74) is 1.68. The van der Waals surface area contributed by atoms with Crippen molar-refractivity contribution < 1.29 is 14.3 Å². The van der Waals surface area contributed by atoms with Crippen LogP contribution in [0.5, 0.6) is 5.75 Å². The third kappa shape index (κ3) is 3.23. The van der Waals surface area contributed by atoms with Crippen molar-refractivity contribution in [1.29, 1.82) is 0 Å². The predicted molar refractivity (Wildman–Crippen MR) is 83.5 cm³/mol. The molecule has 0 spiro atoms. The van der Waals surface area contributed by atoms with E-state index in [1.165, 1.54) is 6.07 Å². The van der Waals surface area contributed by atoms with Crippen LogP contribution < -0.4 is 20.9 Å². The third-order valence-electron chi connectivity index (χ3n) is 3.43. The van der Waals surface area contributed by atoms with Crippen LogP contribution in [-0.4, -0.2) is 23.4 Å². The number of carbonyl (C=O) groups is 2. The third-order valence-corrected chi connectivity index (χ3v) is 3.43. The quantitative estimate of drug-likeness (QED) is 0.785. The lowest BCUT2D eigenvalue weighted by Crippen LogP contribution is -2.29. The Morgan fingerprint density at radius 3 is 2.87 bits per heavy atom. The van der Waals surface area contributed by atoms with E-state index >= 15 is 0 Å². The summed E-state index contributed by atoms with van der Waals surface area (Å²) in [7, 11) is 0. The number of H-pyrrole nitrogens is 1. The molecule has 7 nitrogen and oxygen atoms in total. The van der Waals surface area contributed by atoms with Gasteiger partial charge in [-0.15, -0.1) is 0 Å². The summed E-state index contributed by atoms with van der Waals surface area (Å²) < 4.78 is 5.27. The number of anilines is 1. The van der Waals surface area contributed by atoms with Gasteiger partial charge in [-0.3, -0.25) is 14.4 Å². The number of aromatic nitrogens is 1. The van der Waals surface area contributed by atoms with Gasteiger partial charge in [0.2, 0.25) is 0 Å². The highest BCUT2D eigenvalue weighted by Crippen LogP contribution is 2.28. The number of aromatic amines is 1. The van der Waals surface area contributed by atoms with Crippen molar-refractivity contribution in [3.05, 3.63) is 57.5 Å². The van der Waals surface area contributed by atoms with Crippen LogP contribution >= 0.6 is 0 Å². The van der Waals surface area contributed by atoms with Crippen LogP contribution in [0.2, 0.25) is 0 Å². The molecule has 7 heteroatoms. The molecule has 1 aliphatic heterocycles. The zero-order valence-electron chi connectivity index (χ0n) is 12.4. The molecule has 3 rings (SSSR count). The Balaban J connectivity index is 1.71. The molecule has 3 N–H and O–H groups in total. The SMILES string of the molecule is Cc1ccc(C(=O)NCc2ccc3c(c2)NC(=O)CO3)c(=O)[nH]1. The van der Waals surface area contributed by atoms with E-state index in [4.69, 9.17) is 4.74 Å². The van der Waals surface area contributed by atoms with Gasteiger partial charge in [0.25, 0.3) is 17.4 Å². The van der Waals surface area contributed by atoms with Gasteiger partial charge in [-0.25, -0.2) is 0 Å². The monoisotopic (exact) mass is 313 g/mol. The van der Waals surface area contributed by atoms with Crippen molar-refractivity contribution in [3.63, 3.8) is 0 Å². The summed E-state index contributed by atoms with van der Waals surface area (Å²) in [6.45, 7) is 1.97. The second kappa shape index (κ2) is 5.96. The van der Waals surface area contributed by atoms with Crippen molar-refractivity contribution in [1.82, 2.24) is 10.3 Å². The lowest BCUT2D eigenvalue weighted by Gasteiger charge is -2.18. The molecular formula is C16H15N3O4. The van der Waals surface area contributed by atoms with Crippen molar-refractivity contribution >= 4 is 17.5 Å². The standard InChI is InChI=1S/C16H15N3O4/c1-9-2-4-11(16(22)18-9)15(21)17-7-10-3-5-13-12(6-10)19-14(20)8-23-13/h2-6H,7-8H2,1H3,(H,17,21)(H,18,22)(H,19,20). The van der Waals surface area contributed by atoms with Gasteiger partial charge < -0.3 is 20.4 Å². The van der Waals surface area contributed by atoms with Crippen LogP contribution in [0, 0.1) is 6.92 Å². The van der Waals surface area contributed by atoms with Crippen LogP contribution in [0.1, 0.15) is 21.6 Å². The molecule has 0 unspecified atom stereocenters. The highest BCUT2D eigenvalue weighted by Gasteiger charge is 2.16. The normalized spacial score (nSPS) is 12.8. The zero-order valence-corrected chi connectivity index (χ0v) is 12.4. The summed E-state index contributed by atoms with van der Waals surface area (Å²) in [6.07, 6.45) is 0. The fraction of sp³-hybridized carbons (Fsp3) is 0.188. The van der Waals surface area contributed by atoms with Gasteiger partial charge in [0.1, 0.15) is 11.3 Å². The lowest BCUT2D eigenvalue weighted by atomic mass is 10.1. The fourth-order valence-corrected chi connectivity index (χ4v) is 2.27. The van der Waals surface area contributed by atoms with Gasteiger partial charge in [0, 0.05) is 12.2 Å². The van der Waals surface area contributed by atoms with Crippen molar-refractivity contribution in [2.24, 2.45) is 0 Å². The smallest absolute Gasteiger partial charge is 0.262 e. The van der Waals surface area contributed by atoms with E-state index in [0.717, 1.165) is 5.56 Å². The molecule has 0 saturated heterocycles. The van der Waals surface area contributed by atoms with E-state index in [-0.39, 0.29) is 24.6 Å². The molecule has 0 aliphatic carbocycles. The van der Waals surface area contributed by atoms with Crippen molar-refractivity contribution in [3.8, 4) is 5.75 Å². The number of rotatable bonds is 3. The summed E-state index contributed by atoms with van der Waals surface area (Å²) in [4.78, 5) is 37.7. The van der Waals surface area contributed by atoms with Gasteiger partial charge in [-0.05, 0) is 36.8 Å². The molecule has 118 valence electrons. The number of benzene rings is 1. The van der Waals surface area contributed by atoms with Gasteiger partial charge in [-0.2, -0.15) is 0 Å². The van der Waals surface area contributed by atoms with E-state index in [9.17, 15) is 14.4 Å². The second-order valence-electron chi connectivity index (χ2n) is 5.23. The number of nitrogens with one attached hydrogen (secondary N) is 3. The summed E-state index contributed by atoms with van der Waals surface area (Å²) >= 11 is 0. The Labute approximate surface area is 131 Å². The van der Waals surface area contributed by atoms with Crippen LogP contribution in [0.4, 0.5) is 5.69 Å². The Morgan fingerprint density at radius 1 is 1.26 bits per heavy atom. The second-order valence-corrected chi connectivity index (χ2v) is 5.23. The van der Waals surface area contributed by atoms with Crippen molar-refractivity contribution in [2.45, 2.75) is 13.5 Å². The first-order valence-electron chi connectivity index (χ1n) is 7.06. The molecule has 0 radical (unpaired) electrons. The van der Waals surface area contributed by atoms with Crippen molar-refractivity contribution in [2.75, 3.05) is 11.9 Å². The maximum Gasteiger partial charge on any atom is 0.262 e. The van der Waals surface area contributed by atoms with Crippen LogP contribution in [0.15, 0.2) is 35.1 Å².